The number of ketones is 2. The van der Waals surface area contributed by atoms with Gasteiger partial charge >= 0.3 is 0 Å². The maximum Gasteiger partial charge on any atom is 0.299 e. The Bertz CT molecular complexity index is 340. The first kappa shape index (κ1) is 14.5. The third-order valence-corrected chi connectivity index (χ3v) is 2.34. The van der Waals surface area contributed by atoms with E-state index in [0.29, 0.717) is 0 Å². The summed E-state index contributed by atoms with van der Waals surface area (Å²) in [5, 5.41) is 1.49. The summed E-state index contributed by atoms with van der Waals surface area (Å²) in [7, 11) is 0. The van der Waals surface area contributed by atoms with Crippen LogP contribution in [0.25, 0.3) is 0 Å². The topological polar surface area (TPSA) is 34.1 Å². The molecule has 1 aromatic rings. The van der Waals surface area contributed by atoms with Crippen LogP contribution in [0.2, 0.25) is 0 Å². The molecule has 1 rings (SSSR count). The van der Waals surface area contributed by atoms with Crippen LogP contribution >= 0.6 is 11.3 Å². The number of Topliss-reactive ketones (excluding diaryl/α,β-unsaturated/α-hetero) is 2. The molecule has 0 radical (unpaired) electrons. The van der Waals surface area contributed by atoms with Crippen molar-refractivity contribution in [3.05, 3.63) is 22.4 Å². The molecule has 0 amide bonds. The zero-order valence-electron chi connectivity index (χ0n) is 7.15. The van der Waals surface area contributed by atoms with E-state index in [4.69, 9.17) is 0 Å². The number of rotatable bonds is 4. The van der Waals surface area contributed by atoms with Crippen LogP contribution in [0.5, 0.6) is 0 Å². The van der Waals surface area contributed by atoms with E-state index in [1.165, 1.54) is 17.5 Å². The Morgan fingerprint density at radius 1 is 1.27 bits per heavy atom. The van der Waals surface area contributed by atoms with Gasteiger partial charge in [0.1, 0.15) is 0 Å². The number of alkyl halides is 3. The van der Waals surface area contributed by atoms with Crippen LogP contribution in [0, 0.1) is 0 Å². The largest absolute Gasteiger partial charge is 0.299 e. The molecule has 0 saturated carbocycles. The van der Waals surface area contributed by atoms with Gasteiger partial charge in [0.25, 0.3) is 6.43 Å². The molecule has 1 aromatic heterocycles. The molecule has 0 aliphatic rings. The van der Waals surface area contributed by atoms with Crippen molar-refractivity contribution >= 4 is 22.9 Å². The van der Waals surface area contributed by atoms with E-state index in [1.807, 2.05) is 0 Å². The van der Waals surface area contributed by atoms with Crippen molar-refractivity contribution in [1.29, 1.82) is 0 Å². The molecule has 82 valence electrons. The van der Waals surface area contributed by atoms with Crippen molar-refractivity contribution < 1.29 is 43.8 Å². The van der Waals surface area contributed by atoms with Gasteiger partial charge in [-0.3, -0.25) is 9.59 Å². The summed E-state index contributed by atoms with van der Waals surface area (Å²) in [4.78, 5) is 21.4. The maximum absolute atomic E-state index is 12.8. The SMILES string of the molecule is O=C(c1cccs1)C(F)C(=O)C(F)F.[Mo]. The minimum absolute atomic E-state index is 0. The monoisotopic (exact) mass is 320 g/mol. The quantitative estimate of drug-likeness (QED) is 0.484. The van der Waals surface area contributed by atoms with Gasteiger partial charge in [-0.1, -0.05) is 6.07 Å². The molecular weight excluding hydrogens is 313 g/mol. The van der Waals surface area contributed by atoms with Crippen LogP contribution < -0.4 is 0 Å². The first-order chi connectivity index (χ1) is 6.54. The molecular formula is C8H5F3MoO2S. The average Bonchev–Trinajstić information content (AvgIpc) is 2.67. The summed E-state index contributed by atoms with van der Waals surface area (Å²) in [6.07, 6.45) is -6.21. The Morgan fingerprint density at radius 2 is 1.87 bits per heavy atom. The number of hydrogen-bond acceptors (Lipinski definition) is 3. The number of carbonyl (C=O) groups excluding carboxylic acids is 2. The Kier molecular flexibility index (Phi) is 5.98. The zero-order valence-corrected chi connectivity index (χ0v) is 9.98. The van der Waals surface area contributed by atoms with E-state index in [2.05, 4.69) is 0 Å². The Balaban J connectivity index is 0.00000196. The summed E-state index contributed by atoms with van der Waals surface area (Å²) < 4.78 is 36.3. The predicted octanol–water partition coefficient (Wildman–Crippen LogP) is 2.10. The van der Waals surface area contributed by atoms with E-state index in [9.17, 15) is 22.8 Å². The van der Waals surface area contributed by atoms with Gasteiger partial charge < -0.3 is 0 Å². The van der Waals surface area contributed by atoms with Crippen LogP contribution in [0.1, 0.15) is 9.67 Å². The second-order valence-electron chi connectivity index (χ2n) is 2.41. The second kappa shape index (κ2) is 6.18. The number of carbonyl (C=O) groups is 2. The molecule has 0 aliphatic carbocycles. The first-order valence-corrected chi connectivity index (χ1v) is 4.45. The average molecular weight is 318 g/mol. The second-order valence-corrected chi connectivity index (χ2v) is 3.35. The first-order valence-electron chi connectivity index (χ1n) is 3.57. The minimum Gasteiger partial charge on any atom is -0.289 e. The van der Waals surface area contributed by atoms with Crippen molar-refractivity contribution in [2.45, 2.75) is 12.6 Å². The summed E-state index contributed by atoms with van der Waals surface area (Å²) in [6.45, 7) is 0. The summed E-state index contributed by atoms with van der Waals surface area (Å²) in [6, 6.07) is 2.75. The van der Waals surface area contributed by atoms with Gasteiger partial charge in [-0.05, 0) is 11.4 Å². The molecule has 0 fully saturated rings. The van der Waals surface area contributed by atoms with Crippen LogP contribution in [0.4, 0.5) is 13.2 Å². The molecule has 1 unspecified atom stereocenters. The van der Waals surface area contributed by atoms with Crippen molar-refractivity contribution in [3.63, 3.8) is 0 Å². The van der Waals surface area contributed by atoms with Crippen molar-refractivity contribution in [2.24, 2.45) is 0 Å². The molecule has 1 atom stereocenters. The van der Waals surface area contributed by atoms with Gasteiger partial charge in [0, 0.05) is 21.1 Å². The van der Waals surface area contributed by atoms with Crippen LogP contribution in [0.15, 0.2) is 17.5 Å². The van der Waals surface area contributed by atoms with E-state index in [0.717, 1.165) is 11.3 Å². The molecule has 0 bridgehead atoms. The van der Waals surface area contributed by atoms with E-state index in [1.54, 1.807) is 0 Å². The molecule has 0 aromatic carbocycles. The van der Waals surface area contributed by atoms with Gasteiger partial charge in [-0.2, -0.15) is 0 Å². The number of hydrogen-bond donors (Lipinski definition) is 0. The molecule has 0 N–H and O–H groups in total. The van der Waals surface area contributed by atoms with Crippen molar-refractivity contribution in [3.8, 4) is 0 Å². The number of thiophene rings is 1. The van der Waals surface area contributed by atoms with Crippen LogP contribution in [-0.2, 0) is 25.9 Å². The summed E-state index contributed by atoms with van der Waals surface area (Å²) in [5.41, 5.74) is 0. The molecule has 0 aliphatic heterocycles. The Morgan fingerprint density at radius 3 is 2.27 bits per heavy atom. The van der Waals surface area contributed by atoms with Gasteiger partial charge in [-0.15, -0.1) is 11.3 Å². The molecule has 15 heavy (non-hydrogen) atoms. The third-order valence-electron chi connectivity index (χ3n) is 1.46. The molecule has 1 heterocycles. The molecule has 0 spiro atoms. The summed E-state index contributed by atoms with van der Waals surface area (Å²) >= 11 is 0.902. The fraction of sp³-hybridized carbons (Fsp3) is 0.250. The van der Waals surface area contributed by atoms with Gasteiger partial charge in [-0.25, -0.2) is 13.2 Å². The smallest absolute Gasteiger partial charge is 0.289 e. The van der Waals surface area contributed by atoms with E-state index in [-0.39, 0.29) is 25.9 Å². The summed E-state index contributed by atoms with van der Waals surface area (Å²) in [5.74, 6) is -3.19. The van der Waals surface area contributed by atoms with Crippen molar-refractivity contribution in [2.75, 3.05) is 0 Å². The van der Waals surface area contributed by atoms with Crippen LogP contribution in [-0.4, -0.2) is 24.2 Å². The third kappa shape index (κ3) is 3.54. The molecule has 2 nitrogen and oxygen atoms in total. The van der Waals surface area contributed by atoms with Crippen molar-refractivity contribution in [1.82, 2.24) is 0 Å². The Hall–Kier alpha value is -0.482. The fourth-order valence-electron chi connectivity index (χ4n) is 0.783. The fourth-order valence-corrected chi connectivity index (χ4v) is 1.46. The standard InChI is InChI=1S/C8H5F3O2S.Mo/c9-5(7(13)8(10)11)6(12)4-2-1-3-14-4;/h1-3,5,8H;. The molecule has 0 saturated heterocycles. The van der Waals surface area contributed by atoms with Gasteiger partial charge in [0.05, 0.1) is 4.88 Å². The van der Waals surface area contributed by atoms with Gasteiger partial charge in [0.2, 0.25) is 17.7 Å². The molecule has 7 heteroatoms. The maximum atomic E-state index is 12.8. The van der Waals surface area contributed by atoms with E-state index < -0.39 is 24.2 Å². The van der Waals surface area contributed by atoms with Gasteiger partial charge in [0.15, 0.2) is 0 Å². The van der Waals surface area contributed by atoms with Crippen LogP contribution in [0.3, 0.4) is 0 Å². The normalized spacial score (nSPS) is 12.0. The van der Waals surface area contributed by atoms with E-state index >= 15 is 0 Å². The number of halogens is 3. The zero-order chi connectivity index (χ0) is 10.7. The minimum atomic E-state index is -3.45. The predicted molar refractivity (Wildman–Crippen MR) is 44.6 cm³/mol. The Labute approximate surface area is 102 Å².